The molecule has 0 bridgehead atoms. The first-order valence-electron chi connectivity index (χ1n) is 5.93. The zero-order valence-corrected chi connectivity index (χ0v) is 11.2. The molecule has 2 aromatic rings. The van der Waals surface area contributed by atoms with Crippen molar-refractivity contribution in [2.75, 3.05) is 4.90 Å². The molecular weight excluding hydrogens is 302 g/mol. The van der Waals surface area contributed by atoms with Gasteiger partial charge >= 0.3 is 0 Å². The highest BCUT2D eigenvalue weighted by Gasteiger charge is 2.40. The van der Waals surface area contributed by atoms with Crippen molar-refractivity contribution in [2.45, 2.75) is 6.54 Å². The first kappa shape index (κ1) is 13.6. The Balaban J connectivity index is 2.08. The minimum Gasteiger partial charge on any atom is -0.297 e. The number of anilines is 1. The van der Waals surface area contributed by atoms with Crippen LogP contribution in [0.5, 0.6) is 0 Å². The highest BCUT2D eigenvalue weighted by atomic mass is 35.5. The van der Waals surface area contributed by atoms with Gasteiger partial charge in [-0.25, -0.2) is 13.8 Å². The Morgan fingerprint density at radius 2 is 1.86 bits per heavy atom. The summed E-state index contributed by atoms with van der Waals surface area (Å²) in [6.45, 7) is -0.0970. The normalized spacial score (nSPS) is 13.8. The van der Waals surface area contributed by atoms with Gasteiger partial charge in [0.1, 0.15) is 16.8 Å². The molecule has 0 spiro atoms. The molecular formula is C14H7ClF2N2O2. The van der Waals surface area contributed by atoms with Crippen LogP contribution in [0.25, 0.3) is 0 Å². The molecule has 7 heteroatoms. The molecule has 0 saturated heterocycles. The van der Waals surface area contributed by atoms with E-state index in [1.165, 1.54) is 12.3 Å². The average Bonchev–Trinajstić information content (AvgIpc) is 2.69. The zero-order chi connectivity index (χ0) is 15.1. The molecule has 1 aromatic heterocycles. The summed E-state index contributed by atoms with van der Waals surface area (Å²) in [6.07, 6.45) is 1.42. The largest absolute Gasteiger partial charge is 0.299 e. The maximum absolute atomic E-state index is 13.9. The Morgan fingerprint density at radius 1 is 1.14 bits per heavy atom. The van der Waals surface area contributed by atoms with Gasteiger partial charge in [0, 0.05) is 6.20 Å². The van der Waals surface area contributed by atoms with E-state index in [1.807, 2.05) is 0 Å². The number of halogens is 3. The molecule has 0 N–H and O–H groups in total. The van der Waals surface area contributed by atoms with Crippen molar-refractivity contribution in [1.29, 1.82) is 0 Å². The number of benzene rings is 1. The van der Waals surface area contributed by atoms with Crippen LogP contribution < -0.4 is 4.90 Å². The van der Waals surface area contributed by atoms with Crippen LogP contribution in [0.15, 0.2) is 30.5 Å². The summed E-state index contributed by atoms with van der Waals surface area (Å²) >= 11 is 5.74. The number of fused-ring (bicyclic) bond motifs is 1. The van der Waals surface area contributed by atoms with Crippen molar-refractivity contribution in [3.8, 4) is 0 Å². The lowest BCUT2D eigenvalue weighted by Crippen LogP contribution is -2.29. The Morgan fingerprint density at radius 3 is 2.57 bits per heavy atom. The SMILES string of the molecule is O=C1C(=O)N(Cc2ccnc(Cl)c2)c2c(F)ccc(F)c21. The van der Waals surface area contributed by atoms with Crippen LogP contribution in [0.4, 0.5) is 14.5 Å². The minimum absolute atomic E-state index is 0.0970. The third-order valence-electron chi connectivity index (χ3n) is 3.15. The number of hydrogen-bond donors (Lipinski definition) is 0. The number of Topliss-reactive ketones (excluding diaryl/α,β-unsaturated/α-hetero) is 1. The molecule has 1 amide bonds. The van der Waals surface area contributed by atoms with Gasteiger partial charge in [-0.3, -0.25) is 14.5 Å². The quantitative estimate of drug-likeness (QED) is 0.633. The van der Waals surface area contributed by atoms with Crippen molar-refractivity contribution in [3.63, 3.8) is 0 Å². The fraction of sp³-hybridized carbons (Fsp3) is 0.0714. The number of pyridine rings is 1. The van der Waals surface area contributed by atoms with Crippen LogP contribution >= 0.6 is 11.6 Å². The number of ketones is 1. The van der Waals surface area contributed by atoms with Crippen LogP contribution in [0.2, 0.25) is 5.15 Å². The number of rotatable bonds is 2. The van der Waals surface area contributed by atoms with Gasteiger partial charge < -0.3 is 0 Å². The molecule has 1 aliphatic heterocycles. The molecule has 1 aromatic carbocycles. The van der Waals surface area contributed by atoms with Gasteiger partial charge in [0.2, 0.25) is 0 Å². The fourth-order valence-electron chi connectivity index (χ4n) is 2.23. The molecule has 3 rings (SSSR count). The van der Waals surface area contributed by atoms with Crippen LogP contribution in [-0.2, 0) is 11.3 Å². The summed E-state index contributed by atoms with van der Waals surface area (Å²) in [5.74, 6) is -3.77. The van der Waals surface area contributed by atoms with E-state index in [0.717, 1.165) is 17.0 Å². The van der Waals surface area contributed by atoms with Gasteiger partial charge in [0.05, 0.1) is 17.8 Å². The topological polar surface area (TPSA) is 50.3 Å². The second kappa shape index (κ2) is 4.89. The number of nitrogens with zero attached hydrogens (tertiary/aromatic N) is 2. The highest BCUT2D eigenvalue weighted by Crippen LogP contribution is 2.34. The second-order valence-electron chi connectivity index (χ2n) is 4.46. The standard InChI is InChI=1S/C14H7ClF2N2O2/c15-10-5-7(3-4-18-10)6-19-12-9(17)2-1-8(16)11(12)13(20)14(19)21/h1-5H,6H2. The Labute approximate surface area is 123 Å². The lowest BCUT2D eigenvalue weighted by atomic mass is 10.1. The number of hydrogen-bond acceptors (Lipinski definition) is 3. The third kappa shape index (κ3) is 2.17. The van der Waals surface area contributed by atoms with Gasteiger partial charge in [0.15, 0.2) is 0 Å². The van der Waals surface area contributed by atoms with Crippen LogP contribution in [0.1, 0.15) is 15.9 Å². The highest BCUT2D eigenvalue weighted by molar-refractivity contribution is 6.52. The van der Waals surface area contributed by atoms with E-state index >= 15 is 0 Å². The van der Waals surface area contributed by atoms with Gasteiger partial charge in [-0.15, -0.1) is 0 Å². The van der Waals surface area contributed by atoms with Gasteiger partial charge in [0.25, 0.3) is 11.7 Å². The molecule has 1 aliphatic rings. The van der Waals surface area contributed by atoms with E-state index in [-0.39, 0.29) is 17.4 Å². The van der Waals surface area contributed by atoms with E-state index in [4.69, 9.17) is 11.6 Å². The van der Waals surface area contributed by atoms with E-state index in [2.05, 4.69) is 4.98 Å². The van der Waals surface area contributed by atoms with Crippen LogP contribution in [-0.4, -0.2) is 16.7 Å². The summed E-state index contributed by atoms with van der Waals surface area (Å²) in [4.78, 5) is 28.4. The van der Waals surface area contributed by atoms with E-state index in [1.54, 1.807) is 6.07 Å². The molecule has 0 aliphatic carbocycles. The van der Waals surface area contributed by atoms with Crippen LogP contribution in [0, 0.1) is 11.6 Å². The molecule has 106 valence electrons. The lowest BCUT2D eigenvalue weighted by Gasteiger charge is -2.17. The number of amides is 1. The number of aromatic nitrogens is 1. The van der Waals surface area contributed by atoms with Gasteiger partial charge in [-0.05, 0) is 29.8 Å². The summed E-state index contributed by atoms with van der Waals surface area (Å²) < 4.78 is 27.6. The predicted octanol–water partition coefficient (Wildman–Crippen LogP) is 2.74. The summed E-state index contributed by atoms with van der Waals surface area (Å²) in [7, 11) is 0. The monoisotopic (exact) mass is 308 g/mol. The first-order valence-corrected chi connectivity index (χ1v) is 6.31. The Bertz CT molecular complexity index is 780. The maximum Gasteiger partial charge on any atom is 0.299 e. The minimum atomic E-state index is -1.05. The van der Waals surface area contributed by atoms with Gasteiger partial charge in [-0.2, -0.15) is 0 Å². The molecule has 0 radical (unpaired) electrons. The summed E-state index contributed by atoms with van der Waals surface area (Å²) in [6, 6.07) is 4.76. The molecule has 21 heavy (non-hydrogen) atoms. The van der Waals surface area contributed by atoms with Crippen molar-refractivity contribution in [3.05, 3.63) is 58.4 Å². The maximum atomic E-state index is 13.9. The van der Waals surface area contributed by atoms with Crippen molar-refractivity contribution < 1.29 is 18.4 Å². The molecule has 0 fully saturated rings. The first-order chi connectivity index (χ1) is 9.99. The van der Waals surface area contributed by atoms with Crippen molar-refractivity contribution in [2.24, 2.45) is 0 Å². The van der Waals surface area contributed by atoms with Crippen LogP contribution in [0.3, 0.4) is 0 Å². The molecule has 2 heterocycles. The zero-order valence-electron chi connectivity index (χ0n) is 10.4. The van der Waals surface area contributed by atoms with Crippen molar-refractivity contribution >= 4 is 29.0 Å². The van der Waals surface area contributed by atoms with E-state index in [0.29, 0.717) is 5.56 Å². The Kier molecular flexibility index (Phi) is 3.17. The third-order valence-corrected chi connectivity index (χ3v) is 3.35. The summed E-state index contributed by atoms with van der Waals surface area (Å²) in [5, 5.41) is 0.199. The molecule has 0 atom stereocenters. The molecule has 0 unspecified atom stereocenters. The fourth-order valence-corrected chi connectivity index (χ4v) is 2.42. The molecule has 4 nitrogen and oxygen atoms in total. The van der Waals surface area contributed by atoms with E-state index in [9.17, 15) is 18.4 Å². The molecule has 0 saturated carbocycles. The Hall–Kier alpha value is -2.34. The lowest BCUT2D eigenvalue weighted by molar-refractivity contribution is -0.114. The average molecular weight is 309 g/mol. The number of carbonyl (C=O) groups is 2. The van der Waals surface area contributed by atoms with E-state index < -0.39 is 28.9 Å². The predicted molar refractivity (Wildman–Crippen MR) is 71.1 cm³/mol. The van der Waals surface area contributed by atoms with Crippen molar-refractivity contribution in [1.82, 2.24) is 4.98 Å². The second-order valence-corrected chi connectivity index (χ2v) is 4.85. The smallest absolute Gasteiger partial charge is 0.297 e. The summed E-state index contributed by atoms with van der Waals surface area (Å²) in [5.41, 5.74) is -0.314. The number of carbonyl (C=O) groups excluding carboxylic acids is 2. The van der Waals surface area contributed by atoms with Gasteiger partial charge in [-0.1, -0.05) is 11.6 Å².